The van der Waals surface area contributed by atoms with E-state index in [1.807, 2.05) is 17.9 Å². The molecular formula is C30H38F3N3O2. The van der Waals surface area contributed by atoms with Crippen molar-refractivity contribution < 1.29 is 23.0 Å². The molecule has 0 aliphatic carbocycles. The van der Waals surface area contributed by atoms with Gasteiger partial charge < -0.3 is 14.7 Å². The highest BCUT2D eigenvalue weighted by molar-refractivity contribution is 5.62. The van der Waals surface area contributed by atoms with Crippen molar-refractivity contribution in [3.05, 3.63) is 64.5 Å². The Morgan fingerprint density at radius 2 is 1.76 bits per heavy atom. The number of aryl methyl sites for hydroxylation is 1. The van der Waals surface area contributed by atoms with Crippen molar-refractivity contribution in [3.8, 4) is 5.75 Å². The van der Waals surface area contributed by atoms with Crippen molar-refractivity contribution in [3.63, 3.8) is 0 Å². The largest absolute Gasteiger partial charge is 0.493 e. The van der Waals surface area contributed by atoms with Crippen molar-refractivity contribution in [1.82, 2.24) is 4.90 Å². The van der Waals surface area contributed by atoms with E-state index in [1.165, 1.54) is 30.9 Å². The fourth-order valence-corrected chi connectivity index (χ4v) is 5.80. The molecule has 206 valence electrons. The van der Waals surface area contributed by atoms with E-state index in [-0.39, 0.29) is 0 Å². The van der Waals surface area contributed by atoms with Gasteiger partial charge in [0, 0.05) is 43.8 Å². The van der Waals surface area contributed by atoms with Crippen LogP contribution in [0, 0.1) is 13.5 Å². The Balaban J connectivity index is 1.29. The van der Waals surface area contributed by atoms with Crippen LogP contribution in [0.4, 0.5) is 24.5 Å². The summed E-state index contributed by atoms with van der Waals surface area (Å²) >= 11 is 0. The minimum Gasteiger partial charge on any atom is -0.493 e. The Hall–Kier alpha value is -2.76. The van der Waals surface area contributed by atoms with Crippen LogP contribution in [0.1, 0.15) is 69.1 Å². The van der Waals surface area contributed by atoms with Gasteiger partial charge >= 0.3 is 6.18 Å². The van der Waals surface area contributed by atoms with Crippen LogP contribution in [0.2, 0.25) is 0 Å². The van der Waals surface area contributed by atoms with Gasteiger partial charge in [-0.2, -0.15) is 13.2 Å². The lowest BCUT2D eigenvalue weighted by molar-refractivity contribution is -0.136. The predicted molar refractivity (Wildman–Crippen MR) is 144 cm³/mol. The number of alkyl halides is 3. The SMILES string of the molecule is [C-]#[N+]c1ccc(N2CCC(O)(CCOc3ccc(CN4[C@H](C)CCC[C@@H]4C)cc3C)CC2)cc1C(F)(F)F. The van der Waals surface area contributed by atoms with Crippen molar-refractivity contribution >= 4 is 11.4 Å². The van der Waals surface area contributed by atoms with Gasteiger partial charge in [0.2, 0.25) is 0 Å². The summed E-state index contributed by atoms with van der Waals surface area (Å²) in [7, 11) is 0. The number of ether oxygens (including phenoxy) is 1. The molecule has 0 unspecified atom stereocenters. The topological polar surface area (TPSA) is 40.3 Å². The Kier molecular flexibility index (Phi) is 8.59. The number of benzene rings is 2. The molecule has 0 aromatic heterocycles. The molecule has 1 N–H and O–H groups in total. The average Bonchev–Trinajstić information content (AvgIpc) is 2.87. The van der Waals surface area contributed by atoms with Gasteiger partial charge in [-0.25, -0.2) is 4.85 Å². The standard InChI is InChI=1S/C30H38F3N3O2/c1-21-18-24(20-36-22(2)6-5-7-23(36)3)8-11-28(21)38-17-14-29(37)12-15-35(16-13-29)25-9-10-27(34-4)26(19-25)30(31,32)33/h8-11,18-19,22-23,37H,5-7,12-17,20H2,1-3H3/t22-,23+. The lowest BCUT2D eigenvalue weighted by Gasteiger charge is -2.39. The first-order chi connectivity index (χ1) is 18.0. The maximum Gasteiger partial charge on any atom is 0.407 e. The van der Waals surface area contributed by atoms with Crippen molar-refractivity contribution in [2.45, 2.75) is 89.7 Å². The van der Waals surface area contributed by atoms with Crippen LogP contribution in [-0.2, 0) is 12.7 Å². The van der Waals surface area contributed by atoms with Gasteiger partial charge in [-0.1, -0.05) is 24.6 Å². The van der Waals surface area contributed by atoms with Crippen LogP contribution < -0.4 is 9.64 Å². The van der Waals surface area contributed by atoms with E-state index < -0.39 is 23.0 Å². The number of hydrogen-bond acceptors (Lipinski definition) is 4. The molecule has 0 radical (unpaired) electrons. The van der Waals surface area contributed by atoms with Crippen molar-refractivity contribution in [2.75, 3.05) is 24.6 Å². The van der Waals surface area contributed by atoms with Gasteiger partial charge in [0.15, 0.2) is 5.69 Å². The molecule has 2 heterocycles. The van der Waals surface area contributed by atoms with Crippen LogP contribution in [0.15, 0.2) is 36.4 Å². The van der Waals surface area contributed by atoms with E-state index in [2.05, 4.69) is 35.7 Å². The first-order valence-electron chi connectivity index (χ1n) is 13.5. The highest BCUT2D eigenvalue weighted by Crippen LogP contribution is 2.40. The summed E-state index contributed by atoms with van der Waals surface area (Å²) in [6.45, 7) is 15.8. The third kappa shape index (κ3) is 6.62. The van der Waals surface area contributed by atoms with Crippen LogP contribution in [0.3, 0.4) is 0 Å². The highest BCUT2D eigenvalue weighted by Gasteiger charge is 2.36. The minimum absolute atomic E-state index is 0.370. The summed E-state index contributed by atoms with van der Waals surface area (Å²) in [6, 6.07) is 11.3. The molecule has 8 heteroatoms. The molecule has 2 fully saturated rings. The first-order valence-corrected chi connectivity index (χ1v) is 13.5. The lowest BCUT2D eigenvalue weighted by atomic mass is 9.88. The first kappa shape index (κ1) is 28.3. The molecule has 2 atom stereocenters. The van der Waals surface area contributed by atoms with E-state index in [1.54, 1.807) is 6.07 Å². The summed E-state index contributed by atoms with van der Waals surface area (Å²) in [4.78, 5) is 7.42. The monoisotopic (exact) mass is 529 g/mol. The fourth-order valence-electron chi connectivity index (χ4n) is 5.80. The van der Waals surface area contributed by atoms with Gasteiger partial charge in [-0.05, 0) is 75.8 Å². The van der Waals surface area contributed by atoms with E-state index >= 15 is 0 Å². The molecule has 38 heavy (non-hydrogen) atoms. The van der Waals surface area contributed by atoms with E-state index in [4.69, 9.17) is 11.3 Å². The Labute approximate surface area is 224 Å². The smallest absolute Gasteiger partial charge is 0.407 e. The number of rotatable bonds is 7. The number of anilines is 1. The van der Waals surface area contributed by atoms with Gasteiger partial charge in [-0.3, -0.25) is 4.90 Å². The molecule has 0 spiro atoms. The highest BCUT2D eigenvalue weighted by atomic mass is 19.4. The zero-order valence-corrected chi connectivity index (χ0v) is 22.5. The second-order valence-corrected chi connectivity index (χ2v) is 11.0. The van der Waals surface area contributed by atoms with Crippen LogP contribution >= 0.6 is 0 Å². The third-order valence-electron chi connectivity index (χ3n) is 8.27. The maximum atomic E-state index is 13.4. The van der Waals surface area contributed by atoms with E-state index in [9.17, 15) is 18.3 Å². The molecule has 0 saturated carbocycles. The van der Waals surface area contributed by atoms with Gasteiger partial charge in [0.25, 0.3) is 0 Å². The molecule has 0 amide bonds. The van der Waals surface area contributed by atoms with Gasteiger partial charge in [-0.15, -0.1) is 0 Å². The molecule has 2 aromatic rings. The van der Waals surface area contributed by atoms with Crippen LogP contribution in [-0.4, -0.2) is 47.4 Å². The normalized spacial score (nSPS) is 22.2. The number of aliphatic hydroxyl groups is 1. The summed E-state index contributed by atoms with van der Waals surface area (Å²) < 4.78 is 46.1. The van der Waals surface area contributed by atoms with Crippen molar-refractivity contribution in [2.24, 2.45) is 0 Å². The van der Waals surface area contributed by atoms with Crippen LogP contribution in [0.5, 0.6) is 5.75 Å². The second kappa shape index (κ2) is 11.5. The molecule has 2 aliphatic rings. The molecule has 2 saturated heterocycles. The average molecular weight is 530 g/mol. The number of halogens is 3. The summed E-state index contributed by atoms with van der Waals surface area (Å²) in [5.74, 6) is 0.814. The Morgan fingerprint density at radius 1 is 1.08 bits per heavy atom. The Bertz CT molecular complexity index is 1140. The number of likely N-dealkylation sites (tertiary alicyclic amines) is 1. The zero-order valence-electron chi connectivity index (χ0n) is 22.5. The zero-order chi connectivity index (χ0) is 27.5. The summed E-state index contributed by atoms with van der Waals surface area (Å²) in [6.07, 6.45) is 0.533. The molecule has 0 bridgehead atoms. The van der Waals surface area contributed by atoms with Crippen LogP contribution in [0.25, 0.3) is 4.85 Å². The van der Waals surface area contributed by atoms with E-state index in [0.717, 1.165) is 23.9 Å². The van der Waals surface area contributed by atoms with Crippen molar-refractivity contribution in [1.29, 1.82) is 0 Å². The number of piperidine rings is 2. The molecule has 2 aromatic carbocycles. The molecule has 4 rings (SSSR count). The van der Waals surface area contributed by atoms with E-state index in [0.29, 0.717) is 56.7 Å². The van der Waals surface area contributed by atoms with Gasteiger partial charge in [0.05, 0.1) is 24.3 Å². The minimum atomic E-state index is -4.58. The summed E-state index contributed by atoms with van der Waals surface area (Å²) in [5, 5.41) is 11.1. The second-order valence-electron chi connectivity index (χ2n) is 11.0. The maximum absolute atomic E-state index is 13.4. The fraction of sp³-hybridized carbons (Fsp3) is 0.567. The molecular weight excluding hydrogens is 491 g/mol. The molecule has 5 nitrogen and oxygen atoms in total. The van der Waals surface area contributed by atoms with Gasteiger partial charge in [0.1, 0.15) is 5.75 Å². The number of hydrogen-bond donors (Lipinski definition) is 1. The Morgan fingerprint density at radius 3 is 2.37 bits per heavy atom. The summed E-state index contributed by atoms with van der Waals surface area (Å²) in [5.41, 5.74) is 0.539. The predicted octanol–water partition coefficient (Wildman–Crippen LogP) is 7.13. The quantitative estimate of drug-likeness (QED) is 0.388. The lowest BCUT2D eigenvalue weighted by Crippen LogP contribution is -2.45. The number of nitrogens with zero attached hydrogens (tertiary/aromatic N) is 3. The third-order valence-corrected chi connectivity index (χ3v) is 8.27. The molecule has 2 aliphatic heterocycles.